The third-order valence-electron chi connectivity index (χ3n) is 2.93. The molecule has 0 aliphatic carbocycles. The van der Waals surface area contributed by atoms with E-state index in [0.717, 1.165) is 25.8 Å². The monoisotopic (exact) mass is 214 g/mol. The van der Waals surface area contributed by atoms with Gasteiger partial charge < -0.3 is 10.4 Å². The highest BCUT2D eigenvalue weighted by molar-refractivity contribution is 5.77. The predicted molar refractivity (Wildman–Crippen MR) is 59.6 cm³/mol. The Bertz CT molecular complexity index is 197. The second-order valence-electron chi connectivity index (χ2n) is 4.11. The van der Waals surface area contributed by atoms with Gasteiger partial charge in [0.25, 0.3) is 0 Å². The van der Waals surface area contributed by atoms with Gasteiger partial charge in [0, 0.05) is 12.6 Å². The van der Waals surface area contributed by atoms with Gasteiger partial charge >= 0.3 is 0 Å². The van der Waals surface area contributed by atoms with Crippen molar-refractivity contribution in [1.82, 2.24) is 10.2 Å². The lowest BCUT2D eigenvalue weighted by molar-refractivity contribution is -0.122. The van der Waals surface area contributed by atoms with Crippen LogP contribution >= 0.6 is 0 Å². The number of likely N-dealkylation sites (N-methyl/N-ethyl adjacent to an activating group) is 1. The van der Waals surface area contributed by atoms with Gasteiger partial charge in [-0.2, -0.15) is 0 Å². The van der Waals surface area contributed by atoms with Gasteiger partial charge in [-0.25, -0.2) is 0 Å². The van der Waals surface area contributed by atoms with E-state index in [1.807, 2.05) is 6.92 Å². The number of carbonyl (C=O) groups excluding carboxylic acids is 1. The topological polar surface area (TPSA) is 52.6 Å². The zero-order valence-electron chi connectivity index (χ0n) is 9.54. The van der Waals surface area contributed by atoms with Gasteiger partial charge in [-0.15, -0.1) is 0 Å². The second-order valence-corrected chi connectivity index (χ2v) is 4.11. The number of hydrogen-bond donors (Lipinski definition) is 2. The van der Waals surface area contributed by atoms with Gasteiger partial charge in [0.05, 0.1) is 13.2 Å². The van der Waals surface area contributed by atoms with Crippen LogP contribution < -0.4 is 5.32 Å². The van der Waals surface area contributed by atoms with E-state index < -0.39 is 0 Å². The van der Waals surface area contributed by atoms with Crippen LogP contribution in [0.4, 0.5) is 0 Å². The van der Waals surface area contributed by atoms with Crippen molar-refractivity contribution >= 4 is 5.91 Å². The predicted octanol–water partition coefficient (Wildman–Crippen LogP) is 0.359. The van der Waals surface area contributed by atoms with E-state index in [4.69, 9.17) is 0 Å². The second kappa shape index (κ2) is 6.80. The molecule has 1 heterocycles. The molecule has 1 rings (SSSR count). The largest absolute Gasteiger partial charge is 0.395 e. The number of aliphatic hydroxyl groups is 1. The Morgan fingerprint density at radius 2 is 2.27 bits per heavy atom. The summed E-state index contributed by atoms with van der Waals surface area (Å²) >= 11 is 0. The summed E-state index contributed by atoms with van der Waals surface area (Å²) in [6.45, 7) is 4.13. The fraction of sp³-hybridized carbons (Fsp3) is 0.909. The molecule has 0 aromatic carbocycles. The van der Waals surface area contributed by atoms with Crippen LogP contribution in [-0.2, 0) is 4.79 Å². The molecule has 4 heteroatoms. The van der Waals surface area contributed by atoms with Crippen molar-refractivity contribution < 1.29 is 9.90 Å². The molecule has 15 heavy (non-hydrogen) atoms. The minimum atomic E-state index is 0.0675. The molecule has 1 saturated heterocycles. The number of nitrogens with one attached hydrogen (secondary N) is 1. The molecular formula is C11H22N2O2. The molecule has 1 aliphatic heterocycles. The minimum Gasteiger partial charge on any atom is -0.395 e. The summed E-state index contributed by atoms with van der Waals surface area (Å²) in [5.74, 6) is 0.0675. The standard InChI is InChI=1S/C11H22N2O2/c1-2-12-11(15)8-13-7-5-3-4-6-10(13)9-14/h10,14H,2-9H2,1H3,(H,12,15). The fourth-order valence-electron chi connectivity index (χ4n) is 2.09. The quantitative estimate of drug-likeness (QED) is 0.710. The van der Waals surface area contributed by atoms with Crippen LogP contribution in [0.2, 0.25) is 0 Å². The molecule has 1 amide bonds. The third-order valence-corrected chi connectivity index (χ3v) is 2.93. The van der Waals surface area contributed by atoms with Crippen molar-refractivity contribution in [2.45, 2.75) is 38.6 Å². The van der Waals surface area contributed by atoms with E-state index in [1.54, 1.807) is 0 Å². The molecule has 0 aromatic rings. The van der Waals surface area contributed by atoms with Crippen molar-refractivity contribution in [2.24, 2.45) is 0 Å². The van der Waals surface area contributed by atoms with Crippen molar-refractivity contribution in [3.05, 3.63) is 0 Å². The van der Waals surface area contributed by atoms with E-state index in [-0.39, 0.29) is 18.6 Å². The fourth-order valence-corrected chi connectivity index (χ4v) is 2.09. The number of amides is 1. The molecule has 0 bridgehead atoms. The average Bonchev–Trinajstić information content (AvgIpc) is 2.43. The molecule has 4 nitrogen and oxygen atoms in total. The first-order valence-corrected chi connectivity index (χ1v) is 5.89. The van der Waals surface area contributed by atoms with Gasteiger partial charge in [-0.3, -0.25) is 9.69 Å². The van der Waals surface area contributed by atoms with Gasteiger partial charge in [0.15, 0.2) is 0 Å². The first-order valence-electron chi connectivity index (χ1n) is 5.89. The number of hydrogen-bond acceptors (Lipinski definition) is 3. The first-order chi connectivity index (χ1) is 7.27. The van der Waals surface area contributed by atoms with Crippen LogP contribution in [0, 0.1) is 0 Å². The van der Waals surface area contributed by atoms with E-state index in [1.165, 1.54) is 6.42 Å². The maximum absolute atomic E-state index is 11.5. The SMILES string of the molecule is CCNC(=O)CN1CCCCCC1CO. The molecule has 1 unspecified atom stereocenters. The summed E-state index contributed by atoms with van der Waals surface area (Å²) in [5.41, 5.74) is 0. The third kappa shape index (κ3) is 4.18. The van der Waals surface area contributed by atoms with Crippen molar-refractivity contribution in [3.8, 4) is 0 Å². The van der Waals surface area contributed by atoms with Gasteiger partial charge in [-0.05, 0) is 26.3 Å². The lowest BCUT2D eigenvalue weighted by Crippen LogP contribution is -2.44. The van der Waals surface area contributed by atoms with E-state index >= 15 is 0 Å². The minimum absolute atomic E-state index is 0.0675. The van der Waals surface area contributed by atoms with Crippen molar-refractivity contribution in [3.63, 3.8) is 0 Å². The van der Waals surface area contributed by atoms with Crippen molar-refractivity contribution in [2.75, 3.05) is 26.2 Å². The summed E-state index contributed by atoms with van der Waals surface area (Å²) in [4.78, 5) is 13.6. The Morgan fingerprint density at radius 1 is 1.47 bits per heavy atom. The molecule has 0 saturated carbocycles. The number of aliphatic hydroxyl groups excluding tert-OH is 1. The summed E-state index contributed by atoms with van der Waals surface area (Å²) in [7, 11) is 0. The van der Waals surface area contributed by atoms with Crippen LogP contribution in [0.1, 0.15) is 32.6 Å². The maximum Gasteiger partial charge on any atom is 0.234 e. The molecule has 1 aliphatic rings. The first kappa shape index (κ1) is 12.5. The number of likely N-dealkylation sites (tertiary alicyclic amines) is 1. The van der Waals surface area contributed by atoms with Crippen molar-refractivity contribution in [1.29, 1.82) is 0 Å². The number of carbonyl (C=O) groups is 1. The highest BCUT2D eigenvalue weighted by Gasteiger charge is 2.21. The summed E-state index contributed by atoms with van der Waals surface area (Å²) in [6.07, 6.45) is 4.52. The van der Waals surface area contributed by atoms with Gasteiger partial charge in [-0.1, -0.05) is 12.8 Å². The molecule has 0 radical (unpaired) electrons. The smallest absolute Gasteiger partial charge is 0.234 e. The Kier molecular flexibility index (Phi) is 5.65. The Hall–Kier alpha value is -0.610. The number of nitrogens with zero attached hydrogens (tertiary/aromatic N) is 1. The zero-order valence-corrected chi connectivity index (χ0v) is 9.54. The van der Waals surface area contributed by atoms with Crippen LogP contribution in [-0.4, -0.2) is 48.2 Å². The van der Waals surface area contributed by atoms with Gasteiger partial charge in [0.1, 0.15) is 0 Å². The lowest BCUT2D eigenvalue weighted by Gasteiger charge is -2.27. The summed E-state index contributed by atoms with van der Waals surface area (Å²) < 4.78 is 0. The van der Waals surface area contributed by atoms with Crippen LogP contribution in [0.25, 0.3) is 0 Å². The molecule has 0 spiro atoms. The van der Waals surface area contributed by atoms with Crippen LogP contribution in [0.15, 0.2) is 0 Å². The lowest BCUT2D eigenvalue weighted by atomic mass is 10.1. The maximum atomic E-state index is 11.5. The summed E-state index contributed by atoms with van der Waals surface area (Å²) in [5, 5.41) is 12.1. The Labute approximate surface area is 91.6 Å². The van der Waals surface area contributed by atoms with Crippen LogP contribution in [0.3, 0.4) is 0 Å². The molecule has 2 N–H and O–H groups in total. The molecule has 88 valence electrons. The molecule has 0 aromatic heterocycles. The molecular weight excluding hydrogens is 192 g/mol. The van der Waals surface area contributed by atoms with E-state index in [0.29, 0.717) is 13.1 Å². The van der Waals surface area contributed by atoms with Crippen LogP contribution in [0.5, 0.6) is 0 Å². The molecule has 1 fully saturated rings. The highest BCUT2D eigenvalue weighted by atomic mass is 16.3. The average molecular weight is 214 g/mol. The number of rotatable bonds is 4. The molecule has 1 atom stereocenters. The highest BCUT2D eigenvalue weighted by Crippen LogP contribution is 2.15. The van der Waals surface area contributed by atoms with E-state index in [9.17, 15) is 9.90 Å². The normalized spacial score (nSPS) is 23.5. The zero-order chi connectivity index (χ0) is 11.1. The Balaban J connectivity index is 2.43. The van der Waals surface area contributed by atoms with E-state index in [2.05, 4.69) is 10.2 Å². The summed E-state index contributed by atoms with van der Waals surface area (Å²) in [6, 6.07) is 0.176. The van der Waals surface area contributed by atoms with Gasteiger partial charge in [0.2, 0.25) is 5.91 Å². The Morgan fingerprint density at radius 3 is 2.93 bits per heavy atom.